The average Bonchev–Trinajstić information content (AvgIpc) is 1.54. The van der Waals surface area contributed by atoms with Crippen molar-refractivity contribution in [1.82, 2.24) is 0 Å². The van der Waals surface area contributed by atoms with Crippen molar-refractivity contribution in [3.8, 4) is 0 Å². The van der Waals surface area contributed by atoms with E-state index in [1.807, 2.05) is 0 Å². The van der Waals surface area contributed by atoms with Crippen molar-refractivity contribution in [2.24, 2.45) is 0 Å². The van der Waals surface area contributed by atoms with Crippen LogP contribution in [0.4, 0.5) is 0 Å². The van der Waals surface area contributed by atoms with E-state index in [0.29, 0.717) is 0 Å². The van der Waals surface area contributed by atoms with Crippen molar-refractivity contribution in [1.29, 1.82) is 0 Å². The van der Waals surface area contributed by atoms with Crippen LogP contribution < -0.4 is 0 Å². The minimum atomic E-state index is -3.79. The Kier molecular flexibility index (Phi) is 24.1. The minimum absolute atomic E-state index is 3.58. The Balaban J connectivity index is -0.000000101. The second kappa shape index (κ2) is 15.0. The fourth-order valence-corrected chi connectivity index (χ4v) is 0. The van der Waals surface area contributed by atoms with Gasteiger partial charge in [-0.1, -0.05) is 0 Å². The summed E-state index contributed by atoms with van der Waals surface area (Å²) in [6, 6.07) is 0. The first-order valence-electron chi connectivity index (χ1n) is 1.95. The number of hydrogen-bond donors (Lipinski definition) is 6. The fourth-order valence-electron chi connectivity index (χ4n) is 0. The molecule has 0 rings (SSSR count). The summed E-state index contributed by atoms with van der Waals surface area (Å²) in [5.41, 5.74) is 0. The van der Waals surface area contributed by atoms with Gasteiger partial charge in [0.1, 0.15) is 0 Å². The maximum atomic E-state index is 8.84. The number of hydrogen-bond acceptors (Lipinski definition) is 3. The summed E-state index contributed by atoms with van der Waals surface area (Å²) in [7, 11) is 0. The van der Waals surface area contributed by atoms with Crippen LogP contribution in [-0.2, 0) is 50.5 Å². The van der Waals surface area contributed by atoms with Gasteiger partial charge in [-0.3, -0.25) is 0 Å². The summed E-state index contributed by atoms with van der Waals surface area (Å²) in [6.07, 6.45) is 0. The predicted molar refractivity (Wildman–Crippen MR) is 21.1 cm³/mol. The maximum absolute atomic E-state index is 8.84. The van der Waals surface area contributed by atoms with Gasteiger partial charge in [0, 0.05) is 0 Å². The summed E-state index contributed by atoms with van der Waals surface area (Å²) >= 11 is -11.2. The van der Waals surface area contributed by atoms with E-state index < -0.39 is 61.8 Å². The molecule has 0 spiro atoms. The van der Waals surface area contributed by atoms with Crippen LogP contribution >= 0.6 is 0 Å². The van der Waals surface area contributed by atoms with Gasteiger partial charge in [0.15, 0.2) is 0 Å². The third-order valence-electron chi connectivity index (χ3n) is 0. The molecule has 9 nitrogen and oxygen atoms in total. The molecule has 0 saturated carbocycles. The van der Waals surface area contributed by atoms with E-state index in [4.69, 9.17) is 29.8 Å². The normalized spacial score (nSPS) is 6.50. The zero-order chi connectivity index (χ0) is 10.7. The molecule has 0 aromatic carbocycles. The van der Waals surface area contributed by atoms with Crippen LogP contribution in [0.3, 0.4) is 0 Å². The molecule has 0 atom stereocenters. The second-order valence-corrected chi connectivity index (χ2v) is 4.73. The van der Waals surface area contributed by atoms with Crippen LogP contribution in [0.2, 0.25) is 0 Å². The Morgan fingerprint density at radius 3 is 1.17 bits per heavy atom. The van der Waals surface area contributed by atoms with Crippen molar-refractivity contribution in [2.75, 3.05) is 0 Å². The molecule has 12 heteroatoms. The molecule has 0 aliphatic rings. The molecule has 0 aliphatic carbocycles. The molecule has 0 radical (unpaired) electrons. The van der Waals surface area contributed by atoms with Crippen molar-refractivity contribution in [3.63, 3.8) is 0 Å². The molecule has 0 aliphatic heterocycles. The Labute approximate surface area is 90.6 Å². The first-order chi connectivity index (χ1) is 5.20. The van der Waals surface area contributed by atoms with E-state index in [1.54, 1.807) is 0 Å². The molecular weight excluding hydrogens is 402 g/mol. The third-order valence-corrected chi connectivity index (χ3v) is 0. The van der Waals surface area contributed by atoms with E-state index in [-0.39, 0.29) is 0 Å². The molecule has 0 unspecified atom stereocenters. The van der Waals surface area contributed by atoms with Gasteiger partial charge in [-0.2, -0.15) is 0 Å². The summed E-state index contributed by atoms with van der Waals surface area (Å²) < 4.78 is 69.9. The van der Waals surface area contributed by atoms with Crippen LogP contribution in [0, 0.1) is 0 Å². The molecule has 0 aromatic rings. The van der Waals surface area contributed by atoms with E-state index in [1.165, 1.54) is 0 Å². The van der Waals surface area contributed by atoms with Crippen molar-refractivity contribution in [2.45, 2.75) is 0 Å². The van der Waals surface area contributed by atoms with Gasteiger partial charge < -0.3 is 0 Å². The standard InChI is InChI=1S/6H2O.3O.Sn.Ti.Zr/h6*1H2;;;;;;/q;;;;;;;;;3*+2/p-6. The number of rotatable bonds is 0. The molecule has 6 N–H and O–H groups in total. The zero-order valence-electron chi connectivity index (χ0n) is 5.41. The Bertz CT molecular complexity index is 112. The molecule has 0 heterocycles. The van der Waals surface area contributed by atoms with Crippen molar-refractivity contribution in [3.05, 3.63) is 0 Å². The van der Waals surface area contributed by atoms with Gasteiger partial charge in [-0.05, 0) is 0 Å². The van der Waals surface area contributed by atoms with E-state index >= 15 is 0 Å². The Hall–Kier alpha value is 1.56. The molecule has 12 heavy (non-hydrogen) atoms. The summed E-state index contributed by atoms with van der Waals surface area (Å²) in [6.45, 7) is 0. The van der Waals surface area contributed by atoms with Gasteiger partial charge in [0.2, 0.25) is 0 Å². The average molecular weight is 408 g/mol. The summed E-state index contributed by atoms with van der Waals surface area (Å²) in [4.78, 5) is 0. The molecule has 0 aromatic heterocycles. The van der Waals surface area contributed by atoms with Gasteiger partial charge in [-0.15, -0.1) is 0 Å². The van der Waals surface area contributed by atoms with E-state index in [2.05, 4.69) is 0 Å². The van der Waals surface area contributed by atoms with Crippen LogP contribution in [0.5, 0.6) is 0 Å². The summed E-state index contributed by atoms with van der Waals surface area (Å²) in [5.74, 6) is 0. The van der Waals surface area contributed by atoms with Crippen LogP contribution in [0.15, 0.2) is 0 Å². The predicted octanol–water partition coefficient (Wildman–Crippen LogP) is -4.08. The van der Waals surface area contributed by atoms with Gasteiger partial charge >= 0.3 is 91.7 Å². The Morgan fingerprint density at radius 2 is 1.17 bits per heavy atom. The monoisotopic (exact) mass is 408 g/mol. The van der Waals surface area contributed by atoms with Crippen molar-refractivity contribution < 1.29 is 71.1 Å². The topological polar surface area (TPSA) is 173 Å². The van der Waals surface area contributed by atoms with E-state index in [9.17, 15) is 0 Å². The quantitative estimate of drug-likeness (QED) is 0.218. The first kappa shape index (κ1) is 19.2. The van der Waals surface area contributed by atoms with E-state index in [0.717, 1.165) is 0 Å². The molecule has 0 saturated heterocycles. The van der Waals surface area contributed by atoms with Crippen LogP contribution in [0.25, 0.3) is 0 Å². The summed E-state index contributed by atoms with van der Waals surface area (Å²) in [5, 5.41) is 0. The Morgan fingerprint density at radius 1 is 1.17 bits per heavy atom. The van der Waals surface area contributed by atoms with Crippen LogP contribution in [-0.4, -0.2) is 41.2 Å². The van der Waals surface area contributed by atoms with Gasteiger partial charge in [-0.25, -0.2) is 0 Å². The molecule has 0 bridgehead atoms. The van der Waals surface area contributed by atoms with Crippen molar-refractivity contribution >= 4 is 20.6 Å². The van der Waals surface area contributed by atoms with Gasteiger partial charge in [0.25, 0.3) is 0 Å². The second-order valence-electron chi connectivity index (χ2n) is 0.848. The zero-order valence-corrected chi connectivity index (χ0v) is 12.3. The SMILES string of the molecule is [O]=[Sn]([OH])[OH].[O]=[Ti]([OH])[OH].[O]=[Zr]([OH])[OH]. The van der Waals surface area contributed by atoms with Crippen LogP contribution in [0.1, 0.15) is 0 Å². The molecule has 0 fully saturated rings. The third kappa shape index (κ3) is 532. The van der Waals surface area contributed by atoms with Gasteiger partial charge in [0.05, 0.1) is 0 Å². The molecule has 72 valence electrons. The molecule has 0 amide bonds. The molecular formula is H6O9SnTiZr. The first-order valence-corrected chi connectivity index (χ1v) is 10.9. The fraction of sp³-hybridized carbons (Fsp3) is 0.